The fourth-order valence-electron chi connectivity index (χ4n) is 1.84. The first-order valence-corrected chi connectivity index (χ1v) is 7.54. The summed E-state index contributed by atoms with van der Waals surface area (Å²) in [6.07, 6.45) is 5.06. The van der Waals surface area contributed by atoms with E-state index < -0.39 is 0 Å². The summed E-state index contributed by atoms with van der Waals surface area (Å²) in [5, 5.41) is 3.18. The van der Waals surface area contributed by atoms with E-state index in [1.54, 1.807) is 0 Å². The van der Waals surface area contributed by atoms with Gasteiger partial charge in [0.1, 0.15) is 10.4 Å². The summed E-state index contributed by atoms with van der Waals surface area (Å²) in [5.74, 6) is 0.911. The summed E-state index contributed by atoms with van der Waals surface area (Å²) >= 11 is 2.20. The molecule has 0 unspecified atom stereocenters. The van der Waals surface area contributed by atoms with E-state index in [4.69, 9.17) is 4.74 Å². The third-order valence-corrected chi connectivity index (χ3v) is 3.12. The maximum atomic E-state index is 5.55. The largest absolute Gasteiger partial charge is 0.483 e. The highest BCUT2D eigenvalue weighted by Crippen LogP contribution is 2.27. The first-order valence-electron chi connectivity index (χ1n) is 6.02. The second kappa shape index (κ2) is 8.32. The lowest BCUT2D eigenvalue weighted by Crippen LogP contribution is -2.08. The Kier molecular flexibility index (Phi) is 7.05. The van der Waals surface area contributed by atoms with Crippen molar-refractivity contribution >= 4 is 34.2 Å². The van der Waals surface area contributed by atoms with Crippen molar-refractivity contribution in [1.29, 1.82) is 0 Å². The van der Waals surface area contributed by atoms with E-state index in [0.29, 0.717) is 4.61 Å². The molecule has 0 bridgehead atoms. The number of nitrogens with one attached hydrogen (secondary N) is 1. The average Bonchev–Trinajstić information content (AvgIpc) is 2.40. The van der Waals surface area contributed by atoms with Crippen LogP contribution in [0.15, 0.2) is 30.9 Å². The van der Waals surface area contributed by atoms with E-state index in [9.17, 15) is 0 Å². The van der Waals surface area contributed by atoms with Crippen LogP contribution in [0.3, 0.4) is 0 Å². The highest BCUT2D eigenvalue weighted by Gasteiger charge is 2.07. The zero-order valence-electron chi connectivity index (χ0n) is 11.0. The highest BCUT2D eigenvalue weighted by atomic mass is 127. The molecule has 0 radical (unpaired) electrons. The van der Waals surface area contributed by atoms with Gasteiger partial charge in [-0.3, -0.25) is 0 Å². The Morgan fingerprint density at radius 1 is 1.50 bits per heavy atom. The number of hydrogen-bond donors (Lipinski definition) is 1. The van der Waals surface area contributed by atoms with Crippen LogP contribution in [0.5, 0.6) is 5.75 Å². The van der Waals surface area contributed by atoms with Crippen molar-refractivity contribution in [3.8, 4) is 5.75 Å². The monoisotopic (exact) mass is 357 g/mol. The minimum Gasteiger partial charge on any atom is -0.483 e. The molecule has 0 saturated heterocycles. The molecule has 1 aromatic rings. The number of halogens is 1. The van der Waals surface area contributed by atoms with Crippen molar-refractivity contribution in [1.82, 2.24) is 5.32 Å². The second-order valence-corrected chi connectivity index (χ2v) is 4.50. The average molecular weight is 357 g/mol. The molecule has 98 valence electrons. The van der Waals surface area contributed by atoms with Gasteiger partial charge in [-0.15, -0.1) is 0 Å². The molecule has 0 saturated carbocycles. The zero-order chi connectivity index (χ0) is 13.4. The molecule has 3 heteroatoms. The van der Waals surface area contributed by atoms with Gasteiger partial charge in [0.25, 0.3) is 0 Å². The lowest BCUT2D eigenvalue weighted by atomic mass is 9.96. The molecule has 0 fully saturated rings. The van der Waals surface area contributed by atoms with E-state index >= 15 is 0 Å². The van der Waals surface area contributed by atoms with Crippen LogP contribution in [0.25, 0.3) is 11.6 Å². The Labute approximate surface area is 123 Å². The van der Waals surface area contributed by atoms with Gasteiger partial charge < -0.3 is 10.1 Å². The summed E-state index contributed by atoms with van der Waals surface area (Å²) < 4.78 is 6.21. The quantitative estimate of drug-likeness (QED) is 0.586. The highest BCUT2D eigenvalue weighted by molar-refractivity contribution is 14.1. The van der Waals surface area contributed by atoms with Gasteiger partial charge in [0.2, 0.25) is 0 Å². The third kappa shape index (κ3) is 4.14. The molecule has 0 aliphatic carbocycles. The molecule has 1 N–H and O–H groups in total. The molecule has 0 amide bonds. The summed E-state index contributed by atoms with van der Waals surface area (Å²) in [5.41, 5.74) is 3.68. The number of allylic oxidation sites excluding steroid dienone is 1. The van der Waals surface area contributed by atoms with Crippen LogP contribution in [0, 0.1) is 0 Å². The van der Waals surface area contributed by atoms with Gasteiger partial charge in [-0.2, -0.15) is 0 Å². The number of benzene rings is 1. The second-order valence-electron chi connectivity index (χ2n) is 3.87. The molecule has 0 aliphatic rings. The molecule has 0 atom stereocenters. The van der Waals surface area contributed by atoms with Gasteiger partial charge in [-0.25, -0.2) is 0 Å². The molecule has 0 aromatic heterocycles. The molecule has 0 spiro atoms. The Bertz CT molecular complexity index is 427. The van der Waals surface area contributed by atoms with Crippen LogP contribution in [0.1, 0.15) is 24.5 Å². The van der Waals surface area contributed by atoms with Crippen LogP contribution >= 0.6 is 22.6 Å². The van der Waals surface area contributed by atoms with Crippen LogP contribution < -0.4 is 10.1 Å². The van der Waals surface area contributed by atoms with Gasteiger partial charge in [0.15, 0.2) is 0 Å². The summed E-state index contributed by atoms with van der Waals surface area (Å²) in [6.45, 7) is 6.92. The zero-order valence-corrected chi connectivity index (χ0v) is 13.2. The van der Waals surface area contributed by atoms with Gasteiger partial charge in [-0.05, 0) is 78.4 Å². The minimum atomic E-state index is 0.659. The first-order chi connectivity index (χ1) is 8.76. The van der Waals surface area contributed by atoms with E-state index in [-0.39, 0.29) is 0 Å². The van der Waals surface area contributed by atoms with Gasteiger partial charge in [0.05, 0.1) is 0 Å². The van der Waals surface area contributed by atoms with Crippen molar-refractivity contribution in [2.75, 3.05) is 18.2 Å². The van der Waals surface area contributed by atoms with Crippen LogP contribution in [-0.4, -0.2) is 18.2 Å². The SMILES string of the molecule is C=Cc1ccc(OCI)cc1/C(=C\C)CCNC. The molecule has 0 heterocycles. The van der Waals surface area contributed by atoms with Crippen molar-refractivity contribution < 1.29 is 4.74 Å². The van der Waals surface area contributed by atoms with Crippen LogP contribution in [-0.2, 0) is 0 Å². The third-order valence-electron chi connectivity index (χ3n) is 2.80. The number of alkyl halides is 1. The fourth-order valence-corrected chi connectivity index (χ4v) is 2.20. The predicted molar refractivity (Wildman–Crippen MR) is 88.2 cm³/mol. The summed E-state index contributed by atoms with van der Waals surface area (Å²) in [7, 11) is 1.97. The molecular weight excluding hydrogens is 337 g/mol. The van der Waals surface area contributed by atoms with E-state index in [1.807, 2.05) is 19.2 Å². The molecule has 1 aromatic carbocycles. The number of hydrogen-bond acceptors (Lipinski definition) is 2. The first kappa shape index (κ1) is 15.2. The lowest BCUT2D eigenvalue weighted by Gasteiger charge is -2.13. The molecule has 2 nitrogen and oxygen atoms in total. The maximum Gasteiger partial charge on any atom is 0.139 e. The minimum absolute atomic E-state index is 0.659. The number of ether oxygens (including phenoxy) is 1. The molecular formula is C15H20INO. The van der Waals surface area contributed by atoms with E-state index in [1.165, 1.54) is 11.1 Å². The van der Waals surface area contributed by atoms with Gasteiger partial charge >= 0.3 is 0 Å². The fraction of sp³-hybridized carbons (Fsp3) is 0.333. The molecule has 0 aliphatic heterocycles. The Hall–Kier alpha value is -0.810. The Morgan fingerprint density at radius 2 is 2.28 bits per heavy atom. The van der Waals surface area contributed by atoms with Crippen LogP contribution in [0.2, 0.25) is 0 Å². The number of rotatable bonds is 7. The van der Waals surface area contributed by atoms with Crippen molar-refractivity contribution in [2.24, 2.45) is 0 Å². The summed E-state index contributed by atoms with van der Waals surface area (Å²) in [6, 6.07) is 6.15. The maximum absolute atomic E-state index is 5.55. The molecule has 1 rings (SSSR count). The van der Waals surface area contributed by atoms with Crippen LogP contribution in [0.4, 0.5) is 0 Å². The van der Waals surface area contributed by atoms with Crippen molar-refractivity contribution in [3.63, 3.8) is 0 Å². The van der Waals surface area contributed by atoms with Crippen molar-refractivity contribution in [2.45, 2.75) is 13.3 Å². The van der Waals surface area contributed by atoms with Crippen molar-refractivity contribution in [3.05, 3.63) is 42.0 Å². The normalized spacial score (nSPS) is 11.4. The predicted octanol–water partition coefficient (Wildman–Crippen LogP) is 4.11. The van der Waals surface area contributed by atoms with Gasteiger partial charge in [-0.1, -0.05) is 24.8 Å². The molecule has 18 heavy (non-hydrogen) atoms. The Balaban J connectivity index is 3.08. The standard InChI is InChI=1S/C15H20INO/c1-4-12-6-7-14(18-11-16)10-15(12)13(5-2)8-9-17-3/h4-7,10,17H,1,8-9,11H2,2-3H3/b13-5-. The smallest absolute Gasteiger partial charge is 0.139 e. The van der Waals surface area contributed by atoms with Gasteiger partial charge in [0, 0.05) is 0 Å². The summed E-state index contributed by atoms with van der Waals surface area (Å²) in [4.78, 5) is 0. The lowest BCUT2D eigenvalue weighted by molar-refractivity contribution is 0.404. The Morgan fingerprint density at radius 3 is 2.83 bits per heavy atom. The van der Waals surface area contributed by atoms with E-state index in [2.05, 4.69) is 59.6 Å². The topological polar surface area (TPSA) is 21.3 Å². The van der Waals surface area contributed by atoms with E-state index in [0.717, 1.165) is 24.3 Å².